The van der Waals surface area contributed by atoms with Gasteiger partial charge in [-0.1, -0.05) is 12.1 Å². The first kappa shape index (κ1) is 20.3. The van der Waals surface area contributed by atoms with Gasteiger partial charge in [-0.25, -0.2) is 15.2 Å². The number of rotatable bonds is 5. The number of nitrogens with zero attached hydrogens (tertiary/aromatic N) is 1. The van der Waals surface area contributed by atoms with Crippen molar-refractivity contribution in [2.45, 2.75) is 43.6 Å². The number of hydrogen-bond donors (Lipinski definition) is 2. The van der Waals surface area contributed by atoms with Crippen LogP contribution in [0.5, 0.6) is 5.75 Å². The second-order valence-corrected chi connectivity index (χ2v) is 6.70. The van der Waals surface area contributed by atoms with Crippen LogP contribution in [0.15, 0.2) is 36.5 Å². The molecule has 0 saturated heterocycles. The minimum absolute atomic E-state index is 0.313. The van der Waals surface area contributed by atoms with Gasteiger partial charge < -0.3 is 14.9 Å². The van der Waals surface area contributed by atoms with Crippen LogP contribution in [-0.2, 0) is 16.5 Å². The van der Waals surface area contributed by atoms with Crippen LogP contribution >= 0.6 is 0 Å². The first-order valence-electron chi connectivity index (χ1n) is 8.80. The van der Waals surface area contributed by atoms with Gasteiger partial charge in [0.05, 0.1) is 11.7 Å². The molecule has 28 heavy (non-hydrogen) atoms. The molecule has 0 spiro atoms. The van der Waals surface area contributed by atoms with E-state index in [-0.39, 0.29) is 11.6 Å². The maximum Gasteiger partial charge on any atom is 0.423 e. The van der Waals surface area contributed by atoms with E-state index in [1.165, 1.54) is 24.4 Å². The number of benzene rings is 1. The first-order chi connectivity index (χ1) is 13.3. The quantitative estimate of drug-likeness (QED) is 0.443. The second-order valence-electron chi connectivity index (χ2n) is 6.70. The highest BCUT2D eigenvalue weighted by atomic mass is 19.4. The summed E-state index contributed by atoms with van der Waals surface area (Å²) in [6, 6.07) is 7.26. The van der Waals surface area contributed by atoms with E-state index in [0.29, 0.717) is 25.7 Å². The number of pyridine rings is 1. The van der Waals surface area contributed by atoms with Gasteiger partial charge in [0, 0.05) is 13.3 Å². The monoisotopic (exact) mass is 399 g/mol. The Bertz CT molecular complexity index is 804. The van der Waals surface area contributed by atoms with Gasteiger partial charge in [0.2, 0.25) is 0 Å². The molecule has 0 amide bonds. The fourth-order valence-corrected chi connectivity index (χ4v) is 3.64. The molecule has 152 valence electrons. The van der Waals surface area contributed by atoms with E-state index in [0.717, 1.165) is 5.56 Å². The van der Waals surface area contributed by atoms with E-state index in [1.54, 1.807) is 19.2 Å². The Morgan fingerprint density at radius 3 is 2.32 bits per heavy atom. The molecule has 1 aliphatic carbocycles. The third kappa shape index (κ3) is 4.05. The molecule has 0 unspecified atom stereocenters. The normalized spacial score (nSPS) is 22.7. The zero-order valence-corrected chi connectivity index (χ0v) is 15.2. The van der Waals surface area contributed by atoms with E-state index < -0.39 is 29.3 Å². The van der Waals surface area contributed by atoms with Crippen LogP contribution in [0.3, 0.4) is 0 Å². The van der Waals surface area contributed by atoms with Crippen molar-refractivity contribution in [3.05, 3.63) is 53.5 Å². The number of hydrazine groups is 1. The summed E-state index contributed by atoms with van der Waals surface area (Å²) in [6.07, 6.45) is -1.84. The highest BCUT2D eigenvalue weighted by Crippen LogP contribution is 2.44. The van der Waals surface area contributed by atoms with Crippen LogP contribution in [0, 0.1) is 5.82 Å². The summed E-state index contributed by atoms with van der Waals surface area (Å²) < 4.78 is 64.9. The van der Waals surface area contributed by atoms with Crippen LogP contribution < -0.4 is 16.0 Å². The highest BCUT2D eigenvalue weighted by Gasteiger charge is 2.41. The maximum absolute atomic E-state index is 13.4. The molecule has 1 aliphatic rings. The molecule has 1 heterocycles. The fraction of sp³-hybridized carbons (Fsp3) is 0.421. The largest absolute Gasteiger partial charge is 0.490 e. The fourth-order valence-electron chi connectivity index (χ4n) is 3.64. The van der Waals surface area contributed by atoms with Crippen molar-refractivity contribution in [2.75, 3.05) is 12.5 Å². The van der Waals surface area contributed by atoms with Crippen molar-refractivity contribution in [2.24, 2.45) is 5.84 Å². The number of aromatic nitrogens is 1. The third-order valence-corrected chi connectivity index (χ3v) is 5.13. The Balaban J connectivity index is 1.77. The van der Waals surface area contributed by atoms with Gasteiger partial charge in [-0.15, -0.1) is 0 Å². The summed E-state index contributed by atoms with van der Waals surface area (Å²) >= 11 is 0. The predicted molar refractivity (Wildman–Crippen MR) is 95.0 cm³/mol. The lowest BCUT2D eigenvalue weighted by molar-refractivity contribution is -0.139. The molecule has 1 saturated carbocycles. The van der Waals surface area contributed by atoms with Crippen LogP contribution in [0.4, 0.5) is 23.4 Å². The summed E-state index contributed by atoms with van der Waals surface area (Å²) in [5.41, 5.74) is 1.17. The number of halogens is 4. The Labute approximate surface area is 159 Å². The molecule has 3 N–H and O–H groups in total. The van der Waals surface area contributed by atoms with Crippen LogP contribution in [-0.4, -0.2) is 18.2 Å². The lowest BCUT2D eigenvalue weighted by Crippen LogP contribution is -2.37. The SMILES string of the molecule is CO[C@]1(c2ccc(F)cc2)CC[C@H](Oc2ccnc(NN)c2C(F)(F)F)CC1. The topological polar surface area (TPSA) is 69.4 Å². The van der Waals surface area contributed by atoms with Crippen molar-refractivity contribution < 1.29 is 27.0 Å². The van der Waals surface area contributed by atoms with Crippen molar-refractivity contribution in [3.63, 3.8) is 0 Å². The summed E-state index contributed by atoms with van der Waals surface area (Å²) in [7, 11) is 1.58. The highest BCUT2D eigenvalue weighted by molar-refractivity contribution is 5.52. The third-order valence-electron chi connectivity index (χ3n) is 5.13. The van der Waals surface area contributed by atoms with Gasteiger partial charge in [0.1, 0.15) is 17.1 Å². The van der Waals surface area contributed by atoms with Gasteiger partial charge >= 0.3 is 6.18 Å². The second kappa shape index (κ2) is 7.92. The zero-order chi connectivity index (χ0) is 20.4. The van der Waals surface area contributed by atoms with Crippen LogP contribution in [0.25, 0.3) is 0 Å². The number of ether oxygens (including phenoxy) is 2. The Kier molecular flexibility index (Phi) is 5.76. The Morgan fingerprint density at radius 1 is 1.14 bits per heavy atom. The van der Waals surface area contributed by atoms with Crippen LogP contribution in [0.2, 0.25) is 0 Å². The molecule has 2 aromatic rings. The average molecular weight is 399 g/mol. The standard InChI is InChI=1S/C19H21F4N3O2/c1-27-18(12-2-4-13(20)5-3-12)9-6-14(7-10-18)28-15-8-11-25-17(26-24)16(15)19(21,22)23/h2-5,8,11,14H,6-7,9-10,24H2,1H3,(H,25,26)/t14-,18+. The molecular formula is C19H21F4N3O2. The predicted octanol–water partition coefficient (Wildman–Crippen LogP) is 4.39. The number of anilines is 1. The number of methoxy groups -OCH3 is 1. The van der Waals surface area contributed by atoms with E-state index >= 15 is 0 Å². The molecular weight excluding hydrogens is 378 g/mol. The summed E-state index contributed by atoms with van der Waals surface area (Å²) in [6.45, 7) is 0. The summed E-state index contributed by atoms with van der Waals surface area (Å²) in [5, 5.41) is 0. The van der Waals surface area contributed by atoms with E-state index in [2.05, 4.69) is 4.98 Å². The molecule has 1 aromatic heterocycles. The smallest absolute Gasteiger partial charge is 0.423 e. The number of nitrogens with one attached hydrogen (secondary N) is 1. The maximum atomic E-state index is 13.4. The lowest BCUT2D eigenvalue weighted by atomic mass is 9.78. The van der Waals surface area contributed by atoms with Crippen molar-refractivity contribution in [1.82, 2.24) is 4.98 Å². The minimum atomic E-state index is -4.66. The van der Waals surface area contributed by atoms with E-state index in [1.807, 2.05) is 5.43 Å². The van der Waals surface area contributed by atoms with Crippen molar-refractivity contribution in [1.29, 1.82) is 0 Å². The molecule has 0 atom stereocenters. The summed E-state index contributed by atoms with van der Waals surface area (Å²) in [4.78, 5) is 3.61. The van der Waals surface area contributed by atoms with Crippen molar-refractivity contribution >= 4 is 5.82 Å². The molecule has 3 rings (SSSR count). The zero-order valence-electron chi connectivity index (χ0n) is 15.2. The summed E-state index contributed by atoms with van der Waals surface area (Å²) in [5.74, 6) is 4.03. The van der Waals surface area contributed by atoms with Gasteiger partial charge in [-0.05, 0) is 49.4 Å². The number of alkyl halides is 3. The molecule has 0 radical (unpaired) electrons. The number of hydrogen-bond acceptors (Lipinski definition) is 5. The van der Waals surface area contributed by atoms with E-state index in [9.17, 15) is 17.6 Å². The van der Waals surface area contributed by atoms with E-state index in [4.69, 9.17) is 15.3 Å². The molecule has 5 nitrogen and oxygen atoms in total. The molecule has 9 heteroatoms. The van der Waals surface area contributed by atoms with Gasteiger partial charge in [-0.3, -0.25) is 0 Å². The van der Waals surface area contributed by atoms with Gasteiger partial charge in [0.25, 0.3) is 0 Å². The van der Waals surface area contributed by atoms with Crippen LogP contribution in [0.1, 0.15) is 36.8 Å². The number of nitrogens with two attached hydrogens (primary N) is 1. The molecule has 1 fully saturated rings. The Morgan fingerprint density at radius 2 is 1.79 bits per heavy atom. The molecule has 0 bridgehead atoms. The first-order valence-corrected chi connectivity index (χ1v) is 8.80. The van der Waals surface area contributed by atoms with Gasteiger partial charge in [0.15, 0.2) is 5.82 Å². The Hall–Kier alpha value is -2.39. The van der Waals surface area contributed by atoms with Crippen molar-refractivity contribution in [3.8, 4) is 5.75 Å². The minimum Gasteiger partial charge on any atom is -0.490 e. The lowest BCUT2D eigenvalue weighted by Gasteiger charge is -2.39. The number of nitrogen functional groups attached to an aromatic ring is 1. The van der Waals surface area contributed by atoms with Gasteiger partial charge in [-0.2, -0.15) is 13.2 Å². The molecule has 0 aliphatic heterocycles. The molecule has 1 aromatic carbocycles. The average Bonchev–Trinajstić information content (AvgIpc) is 2.68.